The molecular weight excluding hydrogens is 263 g/mol. The SMILES string of the molecule is Nc1c(Br)cccc1C(=O)C(F)(F)F. The number of nitrogens with two attached hydrogens (primary N) is 1. The van der Waals surface area contributed by atoms with Crippen molar-refractivity contribution in [3.63, 3.8) is 0 Å². The van der Waals surface area contributed by atoms with Gasteiger partial charge in [0.05, 0.1) is 11.3 Å². The van der Waals surface area contributed by atoms with Gasteiger partial charge >= 0.3 is 6.18 Å². The highest BCUT2D eigenvalue weighted by Crippen LogP contribution is 2.29. The van der Waals surface area contributed by atoms with Gasteiger partial charge in [-0.25, -0.2) is 0 Å². The topological polar surface area (TPSA) is 43.1 Å². The van der Waals surface area contributed by atoms with E-state index in [0.29, 0.717) is 0 Å². The van der Waals surface area contributed by atoms with E-state index >= 15 is 0 Å². The predicted octanol–water partition coefficient (Wildman–Crippen LogP) is 2.78. The van der Waals surface area contributed by atoms with Crippen molar-refractivity contribution in [1.82, 2.24) is 0 Å². The largest absolute Gasteiger partial charge is 0.454 e. The Labute approximate surface area is 86.0 Å². The number of halogens is 4. The molecule has 0 saturated heterocycles. The summed E-state index contributed by atoms with van der Waals surface area (Å²) in [6.45, 7) is 0. The van der Waals surface area contributed by atoms with Crippen LogP contribution in [-0.4, -0.2) is 12.0 Å². The first-order chi connectivity index (χ1) is 6.34. The Bertz CT molecular complexity index is 375. The van der Waals surface area contributed by atoms with Crippen LogP contribution in [0.5, 0.6) is 0 Å². The number of hydrogen-bond acceptors (Lipinski definition) is 2. The first-order valence-corrected chi connectivity index (χ1v) is 4.29. The smallest absolute Gasteiger partial charge is 0.397 e. The van der Waals surface area contributed by atoms with Gasteiger partial charge in [0, 0.05) is 4.47 Å². The third-order valence-corrected chi connectivity index (χ3v) is 2.25. The van der Waals surface area contributed by atoms with Crippen LogP contribution in [0.2, 0.25) is 0 Å². The van der Waals surface area contributed by atoms with Gasteiger partial charge < -0.3 is 5.73 Å². The van der Waals surface area contributed by atoms with Crippen molar-refractivity contribution in [2.24, 2.45) is 0 Å². The van der Waals surface area contributed by atoms with Crippen LogP contribution in [0, 0.1) is 0 Å². The molecule has 0 radical (unpaired) electrons. The monoisotopic (exact) mass is 267 g/mol. The van der Waals surface area contributed by atoms with Crippen LogP contribution in [0.15, 0.2) is 22.7 Å². The molecule has 0 aliphatic rings. The van der Waals surface area contributed by atoms with Gasteiger partial charge in [-0.1, -0.05) is 6.07 Å². The van der Waals surface area contributed by atoms with Crippen molar-refractivity contribution >= 4 is 27.4 Å². The van der Waals surface area contributed by atoms with E-state index in [2.05, 4.69) is 15.9 Å². The third kappa shape index (κ3) is 2.06. The van der Waals surface area contributed by atoms with E-state index in [1.165, 1.54) is 12.1 Å². The Morgan fingerprint density at radius 1 is 1.36 bits per heavy atom. The zero-order valence-electron chi connectivity index (χ0n) is 6.73. The van der Waals surface area contributed by atoms with Crippen LogP contribution in [-0.2, 0) is 0 Å². The van der Waals surface area contributed by atoms with E-state index in [4.69, 9.17) is 5.73 Å². The molecule has 0 spiro atoms. The van der Waals surface area contributed by atoms with Crippen molar-refractivity contribution in [1.29, 1.82) is 0 Å². The Hall–Kier alpha value is -1.04. The van der Waals surface area contributed by atoms with E-state index in [9.17, 15) is 18.0 Å². The lowest BCUT2D eigenvalue weighted by Gasteiger charge is -2.08. The molecule has 0 bridgehead atoms. The number of ketones is 1. The number of carbonyl (C=O) groups is 1. The standard InChI is InChI=1S/C8H5BrF3NO/c9-5-3-1-2-4(6(5)13)7(14)8(10,11)12/h1-3H,13H2. The Morgan fingerprint density at radius 2 is 1.93 bits per heavy atom. The molecule has 0 aliphatic heterocycles. The molecule has 0 amide bonds. The van der Waals surface area contributed by atoms with Crippen LogP contribution in [0.3, 0.4) is 0 Å². The number of hydrogen-bond donors (Lipinski definition) is 1. The molecule has 0 saturated carbocycles. The summed E-state index contributed by atoms with van der Waals surface area (Å²) < 4.78 is 36.3. The number of alkyl halides is 3. The van der Waals surface area contributed by atoms with Crippen LogP contribution in [0.1, 0.15) is 10.4 Å². The highest BCUT2D eigenvalue weighted by Gasteiger charge is 2.40. The molecule has 2 N–H and O–H groups in total. The maximum absolute atomic E-state index is 12.0. The molecule has 0 aromatic heterocycles. The summed E-state index contributed by atoms with van der Waals surface area (Å²) in [4.78, 5) is 10.8. The van der Waals surface area contributed by atoms with Gasteiger partial charge in [0.25, 0.3) is 5.78 Å². The lowest BCUT2D eigenvalue weighted by Crippen LogP contribution is -2.23. The first-order valence-electron chi connectivity index (χ1n) is 3.49. The molecule has 76 valence electrons. The molecule has 0 atom stereocenters. The van der Waals surface area contributed by atoms with Crippen LogP contribution >= 0.6 is 15.9 Å². The number of para-hydroxylation sites is 1. The van der Waals surface area contributed by atoms with Gasteiger partial charge in [-0.15, -0.1) is 0 Å². The molecule has 0 heterocycles. The van der Waals surface area contributed by atoms with E-state index in [-0.39, 0.29) is 10.2 Å². The normalized spacial score (nSPS) is 11.4. The molecule has 1 aromatic carbocycles. The third-order valence-electron chi connectivity index (χ3n) is 1.56. The van der Waals surface area contributed by atoms with Crippen molar-refractivity contribution < 1.29 is 18.0 Å². The van der Waals surface area contributed by atoms with Crippen LogP contribution in [0.4, 0.5) is 18.9 Å². The second kappa shape index (κ2) is 3.61. The molecule has 14 heavy (non-hydrogen) atoms. The van der Waals surface area contributed by atoms with Crippen LogP contribution < -0.4 is 5.73 Å². The molecule has 0 aliphatic carbocycles. The second-order valence-electron chi connectivity index (χ2n) is 2.53. The van der Waals surface area contributed by atoms with E-state index in [1.54, 1.807) is 0 Å². The van der Waals surface area contributed by atoms with Crippen molar-refractivity contribution in [3.8, 4) is 0 Å². The molecule has 0 fully saturated rings. The predicted molar refractivity (Wildman–Crippen MR) is 48.9 cm³/mol. The van der Waals surface area contributed by atoms with Crippen LogP contribution in [0.25, 0.3) is 0 Å². The number of anilines is 1. The minimum absolute atomic E-state index is 0.199. The summed E-state index contributed by atoms with van der Waals surface area (Å²) in [7, 11) is 0. The number of nitrogen functional groups attached to an aromatic ring is 1. The van der Waals surface area contributed by atoms with E-state index < -0.39 is 17.5 Å². The van der Waals surface area contributed by atoms with Gasteiger partial charge in [0.1, 0.15) is 0 Å². The number of benzene rings is 1. The number of rotatable bonds is 1. The molecule has 6 heteroatoms. The first kappa shape index (κ1) is 11.0. The molecular formula is C8H5BrF3NO. The van der Waals surface area contributed by atoms with Crippen molar-refractivity contribution in [2.75, 3.05) is 5.73 Å². The summed E-state index contributed by atoms with van der Waals surface area (Å²) in [5.41, 5.74) is 4.58. The average molecular weight is 268 g/mol. The summed E-state index contributed by atoms with van der Waals surface area (Å²) >= 11 is 2.94. The minimum atomic E-state index is -4.89. The summed E-state index contributed by atoms with van der Waals surface area (Å²) in [5.74, 6) is -1.93. The van der Waals surface area contributed by atoms with Crippen molar-refractivity contribution in [3.05, 3.63) is 28.2 Å². The van der Waals surface area contributed by atoms with Gasteiger partial charge in [-0.3, -0.25) is 4.79 Å². The molecule has 0 unspecified atom stereocenters. The Morgan fingerprint density at radius 3 is 2.43 bits per heavy atom. The fourth-order valence-corrected chi connectivity index (χ4v) is 1.25. The summed E-state index contributed by atoms with van der Waals surface area (Å²) in [5, 5.41) is 0. The zero-order valence-corrected chi connectivity index (χ0v) is 8.32. The van der Waals surface area contributed by atoms with Gasteiger partial charge in [-0.05, 0) is 28.1 Å². The number of Topliss-reactive ketones (excluding diaryl/α,β-unsaturated/α-hetero) is 1. The fraction of sp³-hybridized carbons (Fsp3) is 0.125. The molecule has 1 rings (SSSR count). The van der Waals surface area contributed by atoms with Crippen molar-refractivity contribution in [2.45, 2.75) is 6.18 Å². The lowest BCUT2D eigenvalue weighted by molar-refractivity contribution is -0.0884. The molecule has 2 nitrogen and oxygen atoms in total. The Balaban J connectivity index is 3.21. The van der Waals surface area contributed by atoms with Gasteiger partial charge in [0.15, 0.2) is 0 Å². The lowest BCUT2D eigenvalue weighted by atomic mass is 10.1. The zero-order chi connectivity index (χ0) is 10.9. The summed E-state index contributed by atoms with van der Waals surface area (Å²) in [6.07, 6.45) is -4.89. The quantitative estimate of drug-likeness (QED) is 0.628. The van der Waals surface area contributed by atoms with Gasteiger partial charge in [0.2, 0.25) is 0 Å². The second-order valence-corrected chi connectivity index (χ2v) is 3.38. The highest BCUT2D eigenvalue weighted by atomic mass is 79.9. The maximum Gasteiger partial charge on any atom is 0.454 e. The minimum Gasteiger partial charge on any atom is -0.397 e. The average Bonchev–Trinajstić information content (AvgIpc) is 2.07. The van der Waals surface area contributed by atoms with Gasteiger partial charge in [-0.2, -0.15) is 13.2 Å². The fourth-order valence-electron chi connectivity index (χ4n) is 0.888. The summed E-state index contributed by atoms with van der Waals surface area (Å²) in [6, 6.07) is 3.82. The maximum atomic E-state index is 12.0. The number of carbonyl (C=O) groups excluding carboxylic acids is 1. The highest BCUT2D eigenvalue weighted by molar-refractivity contribution is 9.10. The Kier molecular flexibility index (Phi) is 2.84. The van der Waals surface area contributed by atoms with E-state index in [0.717, 1.165) is 6.07 Å². The molecule has 1 aromatic rings. The van der Waals surface area contributed by atoms with E-state index in [1.807, 2.05) is 0 Å².